The van der Waals surface area contributed by atoms with Crippen molar-refractivity contribution in [3.63, 3.8) is 0 Å². The van der Waals surface area contributed by atoms with Gasteiger partial charge in [-0.15, -0.1) is 0 Å². The van der Waals surface area contributed by atoms with E-state index < -0.39 is 10.0 Å². The number of sulfonamides is 1. The Balaban J connectivity index is 2.16. The zero-order valence-electron chi connectivity index (χ0n) is 11.5. The molecule has 0 bridgehead atoms. The van der Waals surface area contributed by atoms with E-state index >= 15 is 0 Å². The van der Waals surface area contributed by atoms with Gasteiger partial charge >= 0.3 is 0 Å². The van der Waals surface area contributed by atoms with Gasteiger partial charge in [-0.25, -0.2) is 13.1 Å². The van der Waals surface area contributed by atoms with Gasteiger partial charge in [-0.2, -0.15) is 5.26 Å². The normalized spacial score (nSPS) is 11.0. The number of nitriles is 1. The lowest BCUT2D eigenvalue weighted by molar-refractivity contribution is 0.580. The number of nitrogens with zero attached hydrogens (tertiary/aromatic N) is 1. The number of anilines is 1. The molecule has 0 aliphatic rings. The van der Waals surface area contributed by atoms with Gasteiger partial charge in [-0.1, -0.05) is 12.1 Å². The third kappa shape index (κ3) is 3.60. The zero-order valence-corrected chi connectivity index (χ0v) is 12.3. The van der Waals surface area contributed by atoms with E-state index in [4.69, 9.17) is 11.0 Å². The van der Waals surface area contributed by atoms with E-state index in [0.29, 0.717) is 16.8 Å². The first kappa shape index (κ1) is 15.0. The summed E-state index contributed by atoms with van der Waals surface area (Å²) in [5.41, 5.74) is 8.07. The Morgan fingerprint density at radius 3 is 2.43 bits per heavy atom. The van der Waals surface area contributed by atoms with Crippen LogP contribution in [0, 0.1) is 18.3 Å². The van der Waals surface area contributed by atoms with Gasteiger partial charge in [0.05, 0.1) is 16.5 Å². The average Bonchev–Trinajstić information content (AvgIpc) is 2.45. The fourth-order valence-corrected chi connectivity index (χ4v) is 3.17. The van der Waals surface area contributed by atoms with Gasteiger partial charge in [0.2, 0.25) is 10.0 Å². The van der Waals surface area contributed by atoms with E-state index in [9.17, 15) is 8.42 Å². The smallest absolute Gasteiger partial charge is 0.241 e. The fraction of sp³-hybridized carbons (Fsp3) is 0.133. The minimum Gasteiger partial charge on any atom is -0.399 e. The van der Waals surface area contributed by atoms with Crippen molar-refractivity contribution in [1.82, 2.24) is 4.72 Å². The van der Waals surface area contributed by atoms with E-state index in [1.54, 1.807) is 43.3 Å². The summed E-state index contributed by atoms with van der Waals surface area (Å²) in [4.78, 5) is 0.213. The van der Waals surface area contributed by atoms with Crippen LogP contribution in [0.1, 0.15) is 16.7 Å². The van der Waals surface area contributed by atoms with Crippen LogP contribution in [0.25, 0.3) is 0 Å². The zero-order chi connectivity index (χ0) is 15.5. The largest absolute Gasteiger partial charge is 0.399 e. The van der Waals surface area contributed by atoms with E-state index in [1.165, 1.54) is 6.07 Å². The molecule has 108 valence electrons. The van der Waals surface area contributed by atoms with Crippen LogP contribution in [-0.2, 0) is 16.6 Å². The van der Waals surface area contributed by atoms with Gasteiger partial charge in [0.25, 0.3) is 0 Å². The predicted octanol–water partition coefficient (Wildman–Crippen LogP) is 1.93. The van der Waals surface area contributed by atoms with E-state index in [2.05, 4.69) is 4.72 Å². The van der Waals surface area contributed by atoms with Crippen molar-refractivity contribution >= 4 is 15.7 Å². The minimum absolute atomic E-state index is 0.165. The fourth-order valence-electron chi connectivity index (χ4n) is 1.93. The van der Waals surface area contributed by atoms with E-state index in [-0.39, 0.29) is 11.4 Å². The summed E-state index contributed by atoms with van der Waals surface area (Å²) in [6.07, 6.45) is 0. The second kappa shape index (κ2) is 5.95. The van der Waals surface area contributed by atoms with E-state index in [0.717, 1.165) is 5.56 Å². The van der Waals surface area contributed by atoms with Gasteiger partial charge in [0.1, 0.15) is 0 Å². The first-order valence-corrected chi connectivity index (χ1v) is 7.75. The molecule has 0 heterocycles. The van der Waals surface area contributed by atoms with Crippen LogP contribution in [0.15, 0.2) is 47.4 Å². The molecule has 6 heteroatoms. The van der Waals surface area contributed by atoms with Crippen molar-refractivity contribution in [3.8, 4) is 6.07 Å². The molecule has 21 heavy (non-hydrogen) atoms. The molecule has 0 aliphatic heterocycles. The summed E-state index contributed by atoms with van der Waals surface area (Å²) in [5, 5.41) is 8.72. The van der Waals surface area contributed by atoms with Gasteiger partial charge < -0.3 is 5.73 Å². The number of nitrogen functional groups attached to an aromatic ring is 1. The van der Waals surface area contributed by atoms with Crippen LogP contribution in [0.4, 0.5) is 5.69 Å². The SMILES string of the molecule is Cc1cc(N)ccc1S(=O)(=O)NCc1ccc(C#N)cc1. The molecule has 2 aromatic rings. The third-order valence-corrected chi connectivity index (χ3v) is 4.60. The van der Waals surface area contributed by atoms with Crippen molar-refractivity contribution in [2.75, 3.05) is 5.73 Å². The molecule has 0 amide bonds. The molecule has 0 atom stereocenters. The minimum atomic E-state index is -3.59. The highest BCUT2D eigenvalue weighted by Crippen LogP contribution is 2.18. The number of aryl methyl sites for hydroxylation is 1. The second-order valence-corrected chi connectivity index (χ2v) is 6.39. The van der Waals surface area contributed by atoms with Gasteiger partial charge in [-0.3, -0.25) is 0 Å². The molecule has 2 rings (SSSR count). The standard InChI is InChI=1S/C15H15N3O2S/c1-11-8-14(17)6-7-15(11)21(19,20)18-10-13-4-2-12(9-16)3-5-13/h2-8,18H,10,17H2,1H3. The number of benzene rings is 2. The van der Waals surface area contributed by atoms with Crippen molar-refractivity contribution < 1.29 is 8.42 Å². The summed E-state index contributed by atoms with van der Waals surface area (Å²) in [7, 11) is -3.59. The Bertz CT molecular complexity index is 791. The maximum atomic E-state index is 12.3. The summed E-state index contributed by atoms with van der Waals surface area (Å²) < 4.78 is 27.1. The van der Waals surface area contributed by atoms with Crippen LogP contribution in [0.5, 0.6) is 0 Å². The van der Waals surface area contributed by atoms with Crippen molar-refractivity contribution in [2.45, 2.75) is 18.4 Å². The Kier molecular flexibility index (Phi) is 4.26. The Morgan fingerprint density at radius 1 is 1.19 bits per heavy atom. The average molecular weight is 301 g/mol. The van der Waals surface area contributed by atoms with Crippen molar-refractivity contribution in [3.05, 3.63) is 59.2 Å². The predicted molar refractivity (Wildman–Crippen MR) is 80.8 cm³/mol. The highest BCUT2D eigenvalue weighted by Gasteiger charge is 2.16. The van der Waals surface area contributed by atoms with Crippen LogP contribution >= 0.6 is 0 Å². The molecular weight excluding hydrogens is 286 g/mol. The molecule has 0 spiro atoms. The molecular formula is C15H15N3O2S. The van der Waals surface area contributed by atoms with Crippen LogP contribution < -0.4 is 10.5 Å². The highest BCUT2D eigenvalue weighted by molar-refractivity contribution is 7.89. The highest BCUT2D eigenvalue weighted by atomic mass is 32.2. The maximum absolute atomic E-state index is 12.3. The van der Waals surface area contributed by atoms with E-state index in [1.807, 2.05) is 6.07 Å². The van der Waals surface area contributed by atoms with Gasteiger partial charge in [0.15, 0.2) is 0 Å². The Labute approximate surface area is 124 Å². The molecule has 5 nitrogen and oxygen atoms in total. The molecule has 3 N–H and O–H groups in total. The number of nitrogens with two attached hydrogens (primary N) is 1. The van der Waals surface area contributed by atoms with Gasteiger partial charge in [-0.05, 0) is 48.4 Å². The molecule has 2 aromatic carbocycles. The molecule has 0 aliphatic carbocycles. The van der Waals surface area contributed by atoms with Crippen molar-refractivity contribution in [1.29, 1.82) is 5.26 Å². The van der Waals surface area contributed by atoms with Crippen LogP contribution in [0.3, 0.4) is 0 Å². The van der Waals surface area contributed by atoms with Crippen LogP contribution in [-0.4, -0.2) is 8.42 Å². The molecule has 0 unspecified atom stereocenters. The first-order chi connectivity index (χ1) is 9.92. The Hall–Kier alpha value is -2.36. The first-order valence-electron chi connectivity index (χ1n) is 6.27. The topological polar surface area (TPSA) is 96.0 Å². The maximum Gasteiger partial charge on any atom is 0.241 e. The molecule has 0 radical (unpaired) electrons. The lowest BCUT2D eigenvalue weighted by Crippen LogP contribution is -2.24. The van der Waals surface area contributed by atoms with Crippen molar-refractivity contribution in [2.24, 2.45) is 0 Å². The summed E-state index contributed by atoms with van der Waals surface area (Å²) >= 11 is 0. The number of hydrogen-bond acceptors (Lipinski definition) is 4. The molecule has 0 saturated carbocycles. The summed E-state index contributed by atoms with van der Waals surface area (Å²) in [6.45, 7) is 1.87. The van der Waals surface area contributed by atoms with Gasteiger partial charge in [0, 0.05) is 12.2 Å². The molecule has 0 aromatic heterocycles. The number of hydrogen-bond donors (Lipinski definition) is 2. The van der Waals surface area contributed by atoms with Crippen LogP contribution in [0.2, 0.25) is 0 Å². The lowest BCUT2D eigenvalue weighted by Gasteiger charge is -2.10. The summed E-state index contributed by atoms with van der Waals surface area (Å²) in [5.74, 6) is 0. The molecule has 0 fully saturated rings. The second-order valence-electron chi connectivity index (χ2n) is 4.66. The Morgan fingerprint density at radius 2 is 1.86 bits per heavy atom. The molecule has 0 saturated heterocycles. The number of rotatable bonds is 4. The lowest BCUT2D eigenvalue weighted by atomic mass is 10.1. The monoisotopic (exact) mass is 301 g/mol. The quantitative estimate of drug-likeness (QED) is 0.843. The summed E-state index contributed by atoms with van der Waals surface area (Å²) in [6, 6.07) is 13.4. The number of nitrogens with one attached hydrogen (secondary N) is 1. The third-order valence-electron chi connectivity index (χ3n) is 3.04.